The number of aromatic nitrogens is 2. The summed E-state index contributed by atoms with van der Waals surface area (Å²) in [4.78, 5) is 16.5. The Labute approximate surface area is 196 Å². The summed E-state index contributed by atoms with van der Waals surface area (Å²) in [6, 6.07) is 5.74. The summed E-state index contributed by atoms with van der Waals surface area (Å²) in [5.74, 6) is -2.68. The number of anilines is 1. The summed E-state index contributed by atoms with van der Waals surface area (Å²) in [6.45, 7) is 3.10. The smallest absolute Gasteiger partial charge is 0.388 e. The van der Waals surface area contributed by atoms with Crippen LogP contribution in [0.4, 0.5) is 27.6 Å². The first-order chi connectivity index (χ1) is 15.9. The number of phenolic OH excluding ortho intramolecular Hbond substituents is 1. The van der Waals surface area contributed by atoms with E-state index in [0.29, 0.717) is 12.4 Å². The van der Waals surface area contributed by atoms with Crippen LogP contribution in [0.1, 0.15) is 36.5 Å². The van der Waals surface area contributed by atoms with Crippen molar-refractivity contribution in [1.29, 1.82) is 0 Å². The highest BCUT2D eigenvalue weighted by molar-refractivity contribution is 6.34. The number of rotatable bonds is 5. The van der Waals surface area contributed by atoms with Crippen LogP contribution in [-0.4, -0.2) is 31.8 Å². The lowest BCUT2D eigenvalue weighted by Crippen LogP contribution is -2.14. The monoisotopic (exact) mass is 505 g/mol. The van der Waals surface area contributed by atoms with E-state index in [1.54, 1.807) is 4.57 Å². The number of para-hydroxylation sites is 1. The summed E-state index contributed by atoms with van der Waals surface area (Å²) in [7, 11) is 0. The number of alkyl halides is 3. The summed E-state index contributed by atoms with van der Waals surface area (Å²) in [5.41, 5.74) is -0.507. The van der Waals surface area contributed by atoms with Gasteiger partial charge in [0.05, 0.1) is 22.0 Å². The molecule has 0 bridgehead atoms. The van der Waals surface area contributed by atoms with Crippen molar-refractivity contribution in [1.82, 2.24) is 9.55 Å². The van der Waals surface area contributed by atoms with Gasteiger partial charge >= 0.3 is 6.18 Å². The van der Waals surface area contributed by atoms with E-state index >= 15 is 0 Å². The molecule has 6 nitrogen and oxygen atoms in total. The van der Waals surface area contributed by atoms with Crippen molar-refractivity contribution < 1.29 is 37.0 Å². The van der Waals surface area contributed by atoms with Crippen LogP contribution < -0.4 is 5.32 Å². The maximum atomic E-state index is 14.6. The third kappa shape index (κ3) is 6.67. The van der Waals surface area contributed by atoms with Crippen molar-refractivity contribution in [3.8, 4) is 17.0 Å². The van der Waals surface area contributed by atoms with Crippen molar-refractivity contribution in [3.63, 3.8) is 0 Å². The van der Waals surface area contributed by atoms with Crippen LogP contribution in [0.2, 0.25) is 5.02 Å². The van der Waals surface area contributed by atoms with Gasteiger partial charge in [-0.2, -0.15) is 13.2 Å². The molecule has 0 aliphatic rings. The Morgan fingerprint density at radius 3 is 2.32 bits per heavy atom. The number of nitrogens with one attached hydrogen (secondary N) is 1. The molecule has 0 radical (unpaired) electrons. The van der Waals surface area contributed by atoms with E-state index in [2.05, 4.69) is 10.3 Å². The molecule has 1 heterocycles. The van der Waals surface area contributed by atoms with Gasteiger partial charge in [-0.1, -0.05) is 24.6 Å². The van der Waals surface area contributed by atoms with Crippen LogP contribution in [0.25, 0.3) is 11.3 Å². The van der Waals surface area contributed by atoms with Crippen LogP contribution in [0, 0.1) is 11.6 Å². The summed E-state index contributed by atoms with van der Waals surface area (Å²) in [6.07, 6.45) is -3.16. The second-order valence-corrected chi connectivity index (χ2v) is 7.26. The van der Waals surface area contributed by atoms with Crippen molar-refractivity contribution in [2.24, 2.45) is 0 Å². The van der Waals surface area contributed by atoms with E-state index in [1.165, 1.54) is 18.3 Å². The molecule has 0 aliphatic heterocycles. The largest absolute Gasteiger partial charge is 0.507 e. The molecule has 1 amide bonds. The molecule has 3 N–H and O–H groups in total. The van der Waals surface area contributed by atoms with Crippen LogP contribution in [-0.2, 0) is 13.2 Å². The van der Waals surface area contributed by atoms with Gasteiger partial charge in [-0.05, 0) is 31.2 Å². The van der Waals surface area contributed by atoms with Crippen LogP contribution >= 0.6 is 11.6 Å². The number of benzene rings is 2. The molecular formula is C22H21ClF5N3O3. The molecule has 0 aliphatic carbocycles. The highest BCUT2D eigenvalue weighted by Crippen LogP contribution is 2.31. The number of aromatic hydroxyl groups is 1. The van der Waals surface area contributed by atoms with Gasteiger partial charge in [-0.25, -0.2) is 13.8 Å². The molecule has 184 valence electrons. The number of hydrogen-bond acceptors (Lipinski definition) is 4. The lowest BCUT2D eigenvalue weighted by atomic mass is 10.1. The van der Waals surface area contributed by atoms with E-state index in [9.17, 15) is 37.0 Å². The Morgan fingerprint density at radius 2 is 1.82 bits per heavy atom. The molecule has 0 saturated heterocycles. The number of amides is 1. The minimum Gasteiger partial charge on any atom is -0.507 e. The predicted octanol–water partition coefficient (Wildman–Crippen LogP) is 5.91. The molecule has 0 saturated carbocycles. The molecule has 0 unspecified atom stereocenters. The zero-order chi connectivity index (χ0) is 25.6. The quantitative estimate of drug-likeness (QED) is 0.376. The third-order valence-corrected chi connectivity index (χ3v) is 4.86. The SMILES string of the molecule is CCC(F)(F)F.CCn1cc(-c2cc(O)c(C(=O)Nc3c(F)cccc3Cl)cc2F)nc1CO. The van der Waals surface area contributed by atoms with E-state index < -0.39 is 41.5 Å². The molecule has 2 aromatic carbocycles. The average molecular weight is 506 g/mol. The highest BCUT2D eigenvalue weighted by Gasteiger charge is 2.23. The molecular weight excluding hydrogens is 485 g/mol. The predicted molar refractivity (Wildman–Crippen MR) is 117 cm³/mol. The number of carbonyl (C=O) groups excluding carboxylic acids is 1. The van der Waals surface area contributed by atoms with Gasteiger partial charge in [0.2, 0.25) is 0 Å². The Hall–Kier alpha value is -3.18. The van der Waals surface area contributed by atoms with Crippen LogP contribution in [0.3, 0.4) is 0 Å². The van der Waals surface area contributed by atoms with E-state index in [-0.39, 0.29) is 28.6 Å². The first-order valence-corrected chi connectivity index (χ1v) is 10.3. The topological polar surface area (TPSA) is 87.4 Å². The van der Waals surface area contributed by atoms with Gasteiger partial charge in [0, 0.05) is 24.7 Å². The van der Waals surface area contributed by atoms with Crippen LogP contribution in [0.5, 0.6) is 5.75 Å². The number of imidazole rings is 1. The van der Waals surface area contributed by atoms with E-state index in [1.807, 2.05) is 6.92 Å². The van der Waals surface area contributed by atoms with Gasteiger partial charge in [-0.3, -0.25) is 4.79 Å². The number of phenols is 1. The average Bonchev–Trinajstić information content (AvgIpc) is 3.20. The molecule has 0 spiro atoms. The van der Waals surface area contributed by atoms with Crippen molar-refractivity contribution in [2.45, 2.75) is 39.6 Å². The zero-order valence-electron chi connectivity index (χ0n) is 18.1. The van der Waals surface area contributed by atoms with Gasteiger partial charge in [0.1, 0.15) is 29.8 Å². The van der Waals surface area contributed by atoms with E-state index in [0.717, 1.165) is 25.1 Å². The maximum Gasteiger partial charge on any atom is 0.388 e. The lowest BCUT2D eigenvalue weighted by molar-refractivity contribution is -0.130. The molecule has 3 rings (SSSR count). The fourth-order valence-electron chi connectivity index (χ4n) is 2.72. The first kappa shape index (κ1) is 27.1. The fraction of sp³-hybridized carbons (Fsp3) is 0.273. The zero-order valence-corrected chi connectivity index (χ0v) is 18.8. The standard InChI is InChI=1S/C19H16ClF2N3O3.C3H5F3/c1-2-25-8-15(23-17(25)9-26)10-7-16(27)11(6-14(10)22)19(28)24-18-12(20)4-3-5-13(18)21;1-2-3(4,5)6/h3-8,26-27H,2,9H2,1H3,(H,24,28);2H2,1H3. The van der Waals surface area contributed by atoms with Crippen molar-refractivity contribution in [2.75, 3.05) is 5.32 Å². The highest BCUT2D eigenvalue weighted by atomic mass is 35.5. The molecule has 12 heteroatoms. The van der Waals surface area contributed by atoms with Gasteiger partial charge in [-0.15, -0.1) is 0 Å². The fourth-order valence-corrected chi connectivity index (χ4v) is 2.93. The van der Waals surface area contributed by atoms with Crippen molar-refractivity contribution in [3.05, 3.63) is 64.6 Å². The molecule has 1 aromatic heterocycles. The number of aliphatic hydroxyl groups is 1. The minimum atomic E-state index is -3.96. The Kier molecular flexibility index (Phi) is 9.00. The number of halogens is 6. The Bertz CT molecular complexity index is 1120. The first-order valence-electron chi connectivity index (χ1n) is 9.93. The minimum absolute atomic E-state index is 0.0356. The molecule has 3 aromatic rings. The molecule has 0 fully saturated rings. The second kappa shape index (κ2) is 11.3. The van der Waals surface area contributed by atoms with E-state index in [4.69, 9.17) is 11.6 Å². The van der Waals surface area contributed by atoms with Gasteiger partial charge < -0.3 is 20.1 Å². The summed E-state index contributed by atoms with van der Waals surface area (Å²) in [5, 5.41) is 21.7. The molecule has 34 heavy (non-hydrogen) atoms. The van der Waals surface area contributed by atoms with Gasteiger partial charge in [0.25, 0.3) is 5.91 Å². The van der Waals surface area contributed by atoms with Crippen molar-refractivity contribution >= 4 is 23.2 Å². The number of aliphatic hydroxyl groups excluding tert-OH is 1. The third-order valence-electron chi connectivity index (χ3n) is 4.55. The normalized spacial score (nSPS) is 11.1. The van der Waals surface area contributed by atoms with Crippen LogP contribution in [0.15, 0.2) is 36.5 Å². The number of nitrogens with zero attached hydrogens (tertiary/aromatic N) is 2. The number of aryl methyl sites for hydroxylation is 1. The number of hydrogen-bond donors (Lipinski definition) is 3. The van der Waals surface area contributed by atoms with Gasteiger partial charge in [0.15, 0.2) is 0 Å². The molecule has 0 atom stereocenters. The lowest BCUT2D eigenvalue weighted by Gasteiger charge is -2.11. The summed E-state index contributed by atoms with van der Waals surface area (Å²) < 4.78 is 62.4. The summed E-state index contributed by atoms with van der Waals surface area (Å²) >= 11 is 5.86. The Balaban J connectivity index is 0.000000604. The maximum absolute atomic E-state index is 14.6. The number of carbonyl (C=O) groups is 1. The Morgan fingerprint density at radius 1 is 1.18 bits per heavy atom. The second-order valence-electron chi connectivity index (χ2n) is 6.86.